The summed E-state index contributed by atoms with van der Waals surface area (Å²) in [4.78, 5) is 2.22. The molecule has 2 aliphatic rings. The molecule has 0 bridgehead atoms. The average Bonchev–Trinajstić information content (AvgIpc) is 2.73. The highest BCUT2D eigenvalue weighted by Crippen LogP contribution is 2.41. The molecule has 2 aliphatic heterocycles. The van der Waals surface area contributed by atoms with E-state index in [1.165, 1.54) is 0 Å². The van der Waals surface area contributed by atoms with Crippen molar-refractivity contribution in [3.8, 4) is 0 Å². The predicted octanol–water partition coefficient (Wildman–Crippen LogP) is 1.03. The minimum Gasteiger partial charge on any atom is -0.384 e. The Hall–Kier alpha value is -1.20. The van der Waals surface area contributed by atoms with Crippen LogP contribution in [0.15, 0.2) is 12.1 Å². The standard InChI is InChI=1S/C13H19N3O2/c1-10-3-4-12(15-14-10)16-8-13(9-16)11(7-17-2)5-6-18-13/h3-4,11H,5-9H2,1-2H3. The Morgan fingerprint density at radius 1 is 1.44 bits per heavy atom. The van der Waals surface area contributed by atoms with Gasteiger partial charge in [-0.3, -0.25) is 0 Å². The summed E-state index contributed by atoms with van der Waals surface area (Å²) in [6.45, 7) is 5.38. The van der Waals surface area contributed by atoms with E-state index in [2.05, 4.69) is 15.1 Å². The van der Waals surface area contributed by atoms with E-state index in [1.54, 1.807) is 7.11 Å². The van der Waals surface area contributed by atoms with Crippen molar-refractivity contribution in [1.82, 2.24) is 10.2 Å². The van der Waals surface area contributed by atoms with E-state index in [9.17, 15) is 0 Å². The highest BCUT2D eigenvalue weighted by atomic mass is 16.5. The van der Waals surface area contributed by atoms with Crippen molar-refractivity contribution in [3.05, 3.63) is 17.8 Å². The van der Waals surface area contributed by atoms with Crippen molar-refractivity contribution in [2.24, 2.45) is 5.92 Å². The van der Waals surface area contributed by atoms with Crippen LogP contribution in [0.1, 0.15) is 12.1 Å². The molecule has 5 heteroatoms. The third-order valence-corrected chi connectivity index (χ3v) is 3.99. The fourth-order valence-electron chi connectivity index (χ4n) is 2.89. The summed E-state index contributed by atoms with van der Waals surface area (Å²) in [6.07, 6.45) is 1.10. The molecule has 0 aromatic carbocycles. The predicted molar refractivity (Wildman–Crippen MR) is 67.6 cm³/mol. The zero-order valence-corrected chi connectivity index (χ0v) is 10.9. The number of nitrogens with zero attached hydrogens (tertiary/aromatic N) is 3. The summed E-state index contributed by atoms with van der Waals surface area (Å²) < 4.78 is 11.2. The second kappa shape index (κ2) is 4.48. The Kier molecular flexibility index (Phi) is 2.95. The van der Waals surface area contributed by atoms with Crippen LogP contribution in [0.25, 0.3) is 0 Å². The lowest BCUT2D eigenvalue weighted by Gasteiger charge is -2.50. The summed E-state index contributed by atoms with van der Waals surface area (Å²) in [5.41, 5.74) is 0.936. The van der Waals surface area contributed by atoms with E-state index in [1.807, 2.05) is 19.1 Å². The van der Waals surface area contributed by atoms with Crippen molar-refractivity contribution >= 4 is 5.82 Å². The van der Waals surface area contributed by atoms with Gasteiger partial charge < -0.3 is 14.4 Å². The van der Waals surface area contributed by atoms with Gasteiger partial charge in [0.05, 0.1) is 25.4 Å². The molecule has 0 amide bonds. The van der Waals surface area contributed by atoms with Gasteiger partial charge >= 0.3 is 0 Å². The molecule has 18 heavy (non-hydrogen) atoms. The molecule has 3 heterocycles. The van der Waals surface area contributed by atoms with Crippen LogP contribution in [0.5, 0.6) is 0 Å². The van der Waals surface area contributed by atoms with Gasteiger partial charge in [0.2, 0.25) is 0 Å². The summed E-state index contributed by atoms with van der Waals surface area (Å²) in [6, 6.07) is 4.02. The fraction of sp³-hybridized carbons (Fsp3) is 0.692. The highest BCUT2D eigenvalue weighted by Gasteiger charge is 2.53. The van der Waals surface area contributed by atoms with Gasteiger partial charge in [0.25, 0.3) is 0 Å². The van der Waals surface area contributed by atoms with Crippen LogP contribution in [-0.4, -0.2) is 49.2 Å². The second-order valence-corrected chi connectivity index (χ2v) is 5.24. The van der Waals surface area contributed by atoms with Gasteiger partial charge in [-0.05, 0) is 25.5 Å². The smallest absolute Gasteiger partial charge is 0.151 e. The lowest BCUT2D eigenvalue weighted by atomic mass is 9.81. The van der Waals surface area contributed by atoms with Crippen molar-refractivity contribution in [3.63, 3.8) is 0 Å². The van der Waals surface area contributed by atoms with Crippen LogP contribution >= 0.6 is 0 Å². The van der Waals surface area contributed by atoms with E-state index in [0.29, 0.717) is 5.92 Å². The Morgan fingerprint density at radius 2 is 2.28 bits per heavy atom. The van der Waals surface area contributed by atoms with Crippen molar-refractivity contribution in [1.29, 1.82) is 0 Å². The molecular weight excluding hydrogens is 230 g/mol. The number of rotatable bonds is 3. The van der Waals surface area contributed by atoms with E-state index in [-0.39, 0.29) is 5.60 Å². The van der Waals surface area contributed by atoms with Crippen LogP contribution in [0.2, 0.25) is 0 Å². The van der Waals surface area contributed by atoms with Crippen LogP contribution in [0.3, 0.4) is 0 Å². The van der Waals surface area contributed by atoms with E-state index in [4.69, 9.17) is 9.47 Å². The summed E-state index contributed by atoms with van der Waals surface area (Å²) >= 11 is 0. The Morgan fingerprint density at radius 3 is 2.94 bits per heavy atom. The molecule has 1 aromatic rings. The second-order valence-electron chi connectivity index (χ2n) is 5.24. The monoisotopic (exact) mass is 249 g/mol. The lowest BCUT2D eigenvalue weighted by Crippen LogP contribution is -2.65. The van der Waals surface area contributed by atoms with Gasteiger partial charge in [0, 0.05) is 19.6 Å². The first-order valence-electron chi connectivity index (χ1n) is 6.42. The van der Waals surface area contributed by atoms with Gasteiger partial charge in [-0.25, -0.2) is 0 Å². The number of hydrogen-bond donors (Lipinski definition) is 0. The van der Waals surface area contributed by atoms with Crippen molar-refractivity contribution in [2.75, 3.05) is 38.3 Å². The molecule has 2 fully saturated rings. The first kappa shape index (κ1) is 11.9. The number of anilines is 1. The van der Waals surface area contributed by atoms with Crippen molar-refractivity contribution < 1.29 is 9.47 Å². The van der Waals surface area contributed by atoms with Gasteiger partial charge in [-0.15, -0.1) is 5.10 Å². The molecule has 5 nitrogen and oxygen atoms in total. The number of ether oxygens (including phenoxy) is 2. The summed E-state index contributed by atoms with van der Waals surface area (Å²) in [5, 5.41) is 8.31. The molecule has 1 aromatic heterocycles. The molecular formula is C13H19N3O2. The fourth-order valence-corrected chi connectivity index (χ4v) is 2.89. The summed E-state index contributed by atoms with van der Waals surface area (Å²) in [5.74, 6) is 1.45. The van der Waals surface area contributed by atoms with Crippen LogP contribution in [0.4, 0.5) is 5.82 Å². The first-order valence-corrected chi connectivity index (χ1v) is 6.42. The minimum absolute atomic E-state index is 0.0113. The van der Waals surface area contributed by atoms with Gasteiger partial charge in [-0.1, -0.05) is 0 Å². The molecule has 1 spiro atoms. The Labute approximate surface area is 107 Å². The number of aryl methyl sites for hydroxylation is 1. The number of aromatic nitrogens is 2. The average molecular weight is 249 g/mol. The maximum Gasteiger partial charge on any atom is 0.151 e. The van der Waals surface area contributed by atoms with E-state index >= 15 is 0 Å². The molecule has 98 valence electrons. The van der Waals surface area contributed by atoms with Crippen LogP contribution < -0.4 is 4.90 Å². The van der Waals surface area contributed by atoms with Gasteiger partial charge in [-0.2, -0.15) is 5.10 Å². The molecule has 1 unspecified atom stereocenters. The molecule has 0 aliphatic carbocycles. The van der Waals surface area contributed by atoms with Crippen molar-refractivity contribution in [2.45, 2.75) is 18.9 Å². The number of methoxy groups -OCH3 is 1. The normalized spacial score (nSPS) is 25.4. The molecule has 0 saturated carbocycles. The third kappa shape index (κ3) is 1.87. The molecule has 0 radical (unpaired) electrons. The Bertz CT molecular complexity index is 415. The molecule has 0 N–H and O–H groups in total. The minimum atomic E-state index is -0.0113. The highest BCUT2D eigenvalue weighted by molar-refractivity contribution is 5.43. The molecule has 3 rings (SSSR count). The van der Waals surface area contributed by atoms with E-state index < -0.39 is 0 Å². The van der Waals surface area contributed by atoms with Crippen LogP contribution in [0, 0.1) is 12.8 Å². The topological polar surface area (TPSA) is 47.5 Å². The van der Waals surface area contributed by atoms with Gasteiger partial charge in [0.1, 0.15) is 5.60 Å². The zero-order chi connectivity index (χ0) is 12.6. The zero-order valence-electron chi connectivity index (χ0n) is 10.9. The Balaban J connectivity index is 1.66. The number of hydrogen-bond acceptors (Lipinski definition) is 5. The van der Waals surface area contributed by atoms with E-state index in [0.717, 1.165) is 44.2 Å². The summed E-state index contributed by atoms with van der Waals surface area (Å²) in [7, 11) is 1.76. The quantitative estimate of drug-likeness (QED) is 0.800. The SMILES string of the molecule is COCC1CCOC12CN(c1ccc(C)nn1)C2. The third-order valence-electron chi connectivity index (χ3n) is 3.99. The maximum atomic E-state index is 5.95. The first-order chi connectivity index (χ1) is 8.73. The largest absolute Gasteiger partial charge is 0.384 e. The molecule has 2 saturated heterocycles. The maximum absolute atomic E-state index is 5.95. The lowest BCUT2D eigenvalue weighted by molar-refractivity contribution is -0.0591. The molecule has 1 atom stereocenters. The van der Waals surface area contributed by atoms with Gasteiger partial charge in [0.15, 0.2) is 5.82 Å². The van der Waals surface area contributed by atoms with Crippen LogP contribution in [-0.2, 0) is 9.47 Å².